The van der Waals surface area contributed by atoms with Crippen LogP contribution in [0, 0.1) is 0 Å². The van der Waals surface area contributed by atoms with E-state index in [2.05, 4.69) is 29.8 Å². The fraction of sp³-hybridized carbons (Fsp3) is 0.438. The topological polar surface area (TPSA) is 45.6 Å². The van der Waals surface area contributed by atoms with E-state index < -0.39 is 0 Å². The van der Waals surface area contributed by atoms with Crippen LogP contribution in [-0.2, 0) is 13.2 Å². The molecule has 0 aliphatic carbocycles. The smallest absolute Gasteiger partial charge is 0.185 e. The molecule has 4 nitrogen and oxygen atoms in total. The van der Waals surface area contributed by atoms with Gasteiger partial charge in [-0.15, -0.1) is 0 Å². The normalized spacial score (nSPS) is 11.0. The van der Waals surface area contributed by atoms with E-state index in [-0.39, 0.29) is 6.61 Å². The number of methoxy groups -OCH3 is 1. The third kappa shape index (κ3) is 3.54. The summed E-state index contributed by atoms with van der Waals surface area (Å²) < 4.78 is 5.39. The molecule has 1 N–H and O–H groups in total. The molecule has 0 atom stereocenters. The van der Waals surface area contributed by atoms with Crippen LogP contribution >= 0.6 is 11.3 Å². The Bertz CT molecular complexity index is 596. The van der Waals surface area contributed by atoms with E-state index in [4.69, 9.17) is 4.74 Å². The monoisotopic (exact) mass is 306 g/mol. The highest BCUT2D eigenvalue weighted by atomic mass is 32.1. The lowest BCUT2D eigenvalue weighted by atomic mass is 10.1. The molecule has 2 rings (SSSR count). The summed E-state index contributed by atoms with van der Waals surface area (Å²) in [4.78, 5) is 7.72. The Morgan fingerprint density at radius 2 is 2.05 bits per heavy atom. The van der Waals surface area contributed by atoms with E-state index in [1.165, 1.54) is 0 Å². The molecule has 1 heterocycles. The molecule has 0 fully saturated rings. The van der Waals surface area contributed by atoms with Crippen molar-refractivity contribution in [2.24, 2.45) is 0 Å². The summed E-state index contributed by atoms with van der Waals surface area (Å²) in [5, 5.41) is 10.4. The molecule has 2 aromatic rings. The maximum absolute atomic E-state index is 9.47. The zero-order valence-electron chi connectivity index (χ0n) is 13.0. The van der Waals surface area contributed by atoms with Crippen molar-refractivity contribution in [2.75, 3.05) is 19.1 Å². The van der Waals surface area contributed by atoms with Gasteiger partial charge in [-0.3, -0.25) is 0 Å². The minimum atomic E-state index is 0.0493. The zero-order chi connectivity index (χ0) is 15.4. The Labute approximate surface area is 130 Å². The number of aliphatic hydroxyl groups excluding tert-OH is 1. The van der Waals surface area contributed by atoms with Crippen molar-refractivity contribution in [3.05, 3.63) is 40.4 Å². The molecular formula is C16H22N2O2S. The van der Waals surface area contributed by atoms with Crippen LogP contribution in [0.4, 0.5) is 5.13 Å². The number of anilines is 1. The highest BCUT2D eigenvalue weighted by Crippen LogP contribution is 2.31. The van der Waals surface area contributed by atoms with Crippen LogP contribution in [0.25, 0.3) is 0 Å². The van der Waals surface area contributed by atoms with Crippen molar-refractivity contribution in [1.29, 1.82) is 0 Å². The van der Waals surface area contributed by atoms with Gasteiger partial charge in [0.1, 0.15) is 5.75 Å². The number of ether oxygens (including phenoxy) is 1. The lowest BCUT2D eigenvalue weighted by molar-refractivity contribution is 0.283. The van der Waals surface area contributed by atoms with Crippen LogP contribution < -0.4 is 9.64 Å². The highest BCUT2D eigenvalue weighted by Gasteiger charge is 2.16. The quantitative estimate of drug-likeness (QED) is 0.888. The summed E-state index contributed by atoms with van der Waals surface area (Å²) in [6.45, 7) is 4.96. The largest absolute Gasteiger partial charge is 0.496 e. The standard InChI is InChI=1S/C16H22N2O2S/c1-11(2)15-14(10-19)21-16(17-15)18(3)9-12-7-5-6-8-13(12)20-4/h5-8,11,19H,9-10H2,1-4H3. The molecule has 0 unspecified atom stereocenters. The van der Waals surface area contributed by atoms with Crippen LogP contribution in [-0.4, -0.2) is 24.2 Å². The van der Waals surface area contributed by atoms with Crippen LogP contribution in [0.2, 0.25) is 0 Å². The van der Waals surface area contributed by atoms with E-state index in [1.807, 2.05) is 25.2 Å². The number of hydrogen-bond acceptors (Lipinski definition) is 5. The van der Waals surface area contributed by atoms with E-state index in [0.717, 1.165) is 33.6 Å². The minimum Gasteiger partial charge on any atom is -0.496 e. The zero-order valence-corrected chi connectivity index (χ0v) is 13.8. The second-order valence-corrected chi connectivity index (χ2v) is 6.35. The second-order valence-electron chi connectivity index (χ2n) is 5.29. The molecule has 21 heavy (non-hydrogen) atoms. The fourth-order valence-corrected chi connectivity index (χ4v) is 3.27. The number of nitrogens with zero attached hydrogens (tertiary/aromatic N) is 2. The number of thiazole rings is 1. The number of para-hydroxylation sites is 1. The summed E-state index contributed by atoms with van der Waals surface area (Å²) in [7, 11) is 3.69. The first-order chi connectivity index (χ1) is 10.1. The third-order valence-electron chi connectivity index (χ3n) is 3.33. The van der Waals surface area contributed by atoms with Gasteiger partial charge >= 0.3 is 0 Å². The molecular weight excluding hydrogens is 284 g/mol. The Morgan fingerprint density at radius 1 is 1.33 bits per heavy atom. The number of benzene rings is 1. The maximum Gasteiger partial charge on any atom is 0.185 e. The Hall–Kier alpha value is -1.59. The van der Waals surface area contributed by atoms with Crippen LogP contribution in [0.15, 0.2) is 24.3 Å². The van der Waals surface area contributed by atoms with Gasteiger partial charge in [0.05, 0.1) is 24.3 Å². The first-order valence-electron chi connectivity index (χ1n) is 7.00. The van der Waals surface area contributed by atoms with Gasteiger partial charge < -0.3 is 14.7 Å². The molecule has 0 saturated heterocycles. The summed E-state index contributed by atoms with van der Waals surface area (Å²) in [6.07, 6.45) is 0. The first-order valence-corrected chi connectivity index (χ1v) is 7.82. The molecule has 0 amide bonds. The van der Waals surface area contributed by atoms with Gasteiger partial charge in [0.25, 0.3) is 0 Å². The van der Waals surface area contributed by atoms with Gasteiger partial charge in [-0.05, 0) is 12.0 Å². The van der Waals surface area contributed by atoms with Gasteiger partial charge in [0.2, 0.25) is 0 Å². The summed E-state index contributed by atoms with van der Waals surface area (Å²) in [5.41, 5.74) is 2.11. The molecule has 5 heteroatoms. The Morgan fingerprint density at radius 3 is 2.62 bits per heavy atom. The van der Waals surface area contributed by atoms with Crippen molar-refractivity contribution in [3.8, 4) is 5.75 Å². The van der Waals surface area contributed by atoms with Crippen molar-refractivity contribution in [1.82, 2.24) is 4.98 Å². The molecule has 0 aliphatic heterocycles. The summed E-state index contributed by atoms with van der Waals surface area (Å²) in [6, 6.07) is 7.99. The minimum absolute atomic E-state index is 0.0493. The van der Waals surface area contributed by atoms with Crippen LogP contribution in [0.1, 0.15) is 35.9 Å². The third-order valence-corrected chi connectivity index (χ3v) is 4.50. The summed E-state index contributed by atoms with van der Waals surface area (Å²) in [5.74, 6) is 1.20. The fourth-order valence-electron chi connectivity index (χ4n) is 2.24. The predicted molar refractivity (Wildman–Crippen MR) is 87.2 cm³/mol. The number of aliphatic hydroxyl groups is 1. The number of rotatable bonds is 6. The molecule has 0 aliphatic rings. The number of aromatic nitrogens is 1. The van der Waals surface area contributed by atoms with Crippen molar-refractivity contribution in [2.45, 2.75) is 32.9 Å². The van der Waals surface area contributed by atoms with E-state index in [0.29, 0.717) is 5.92 Å². The predicted octanol–water partition coefficient (Wildman–Crippen LogP) is 3.40. The van der Waals surface area contributed by atoms with E-state index in [9.17, 15) is 5.11 Å². The average Bonchev–Trinajstić information content (AvgIpc) is 2.92. The maximum atomic E-state index is 9.47. The van der Waals surface area contributed by atoms with Gasteiger partial charge in [0, 0.05) is 19.2 Å². The van der Waals surface area contributed by atoms with Gasteiger partial charge in [-0.2, -0.15) is 0 Å². The van der Waals surface area contributed by atoms with Gasteiger partial charge in [-0.1, -0.05) is 43.4 Å². The Kier molecular flexibility index (Phi) is 5.20. The first kappa shape index (κ1) is 15.8. The summed E-state index contributed by atoms with van der Waals surface area (Å²) >= 11 is 1.55. The highest BCUT2D eigenvalue weighted by molar-refractivity contribution is 7.15. The van der Waals surface area contributed by atoms with E-state index in [1.54, 1.807) is 18.4 Å². The molecule has 1 aromatic heterocycles. The SMILES string of the molecule is COc1ccccc1CN(C)c1nc(C(C)C)c(CO)s1. The molecule has 114 valence electrons. The molecule has 1 aromatic carbocycles. The molecule has 0 saturated carbocycles. The van der Waals surface area contributed by atoms with Crippen LogP contribution in [0.3, 0.4) is 0 Å². The lowest BCUT2D eigenvalue weighted by Crippen LogP contribution is -2.16. The average molecular weight is 306 g/mol. The van der Waals surface area contributed by atoms with Crippen molar-refractivity contribution in [3.63, 3.8) is 0 Å². The van der Waals surface area contributed by atoms with Gasteiger partial charge in [-0.25, -0.2) is 4.98 Å². The molecule has 0 spiro atoms. The van der Waals surface area contributed by atoms with Crippen molar-refractivity contribution < 1.29 is 9.84 Å². The lowest BCUT2D eigenvalue weighted by Gasteiger charge is -2.17. The number of hydrogen-bond donors (Lipinski definition) is 1. The van der Waals surface area contributed by atoms with Crippen molar-refractivity contribution >= 4 is 16.5 Å². The van der Waals surface area contributed by atoms with Crippen LogP contribution in [0.5, 0.6) is 5.75 Å². The molecule has 0 bridgehead atoms. The molecule has 0 radical (unpaired) electrons. The Balaban J connectivity index is 2.22. The van der Waals surface area contributed by atoms with E-state index >= 15 is 0 Å². The second kappa shape index (κ2) is 6.91. The van der Waals surface area contributed by atoms with Gasteiger partial charge in [0.15, 0.2) is 5.13 Å².